The van der Waals surface area contributed by atoms with Crippen molar-refractivity contribution in [2.24, 2.45) is 23.2 Å². The number of carbonyl (C=O) groups excluding carboxylic acids is 1. The molecule has 1 amide bonds. The molecule has 2 bridgehead atoms. The van der Waals surface area contributed by atoms with Crippen molar-refractivity contribution in [1.82, 2.24) is 5.32 Å². The number of ether oxygens (including phenoxy) is 1. The molecule has 1 aromatic rings. The lowest BCUT2D eigenvalue weighted by molar-refractivity contribution is -0.199. The van der Waals surface area contributed by atoms with Gasteiger partial charge in [-0.05, 0) is 73.8 Å². The van der Waals surface area contributed by atoms with Crippen molar-refractivity contribution < 1.29 is 28.7 Å². The smallest absolute Gasteiger partial charge is 0.482 e. The Morgan fingerprint density at radius 2 is 1.94 bits per heavy atom. The van der Waals surface area contributed by atoms with Gasteiger partial charge in [0.05, 0.1) is 24.8 Å². The summed E-state index contributed by atoms with van der Waals surface area (Å²) in [5, 5.41) is 12.9. The van der Waals surface area contributed by atoms with E-state index in [4.69, 9.17) is 14.0 Å². The van der Waals surface area contributed by atoms with Gasteiger partial charge in [0.15, 0.2) is 0 Å². The molecule has 8 heteroatoms. The van der Waals surface area contributed by atoms with E-state index in [2.05, 4.69) is 26.1 Å². The second-order valence-corrected chi connectivity index (χ2v) is 12.2. The normalized spacial score (nSPS) is 31.8. The maximum absolute atomic E-state index is 13.2. The van der Waals surface area contributed by atoms with Crippen LogP contribution in [0.15, 0.2) is 18.2 Å². The van der Waals surface area contributed by atoms with E-state index in [1.807, 2.05) is 6.07 Å². The number of hydrogen-bond acceptors (Lipinski definition) is 5. The molecule has 1 aliphatic heterocycles. The minimum Gasteiger partial charge on any atom is -0.496 e. The van der Waals surface area contributed by atoms with E-state index in [0.717, 1.165) is 31.2 Å². The minimum absolute atomic E-state index is 0.00395. The van der Waals surface area contributed by atoms with Gasteiger partial charge in [-0.2, -0.15) is 0 Å². The number of para-hydroxylation sites is 1. The number of aromatic carboxylic acids is 1. The third-order valence-corrected chi connectivity index (χ3v) is 9.81. The first-order valence-corrected chi connectivity index (χ1v) is 13.6. The fourth-order valence-corrected chi connectivity index (χ4v) is 7.60. The quantitative estimate of drug-likeness (QED) is 0.508. The lowest BCUT2D eigenvalue weighted by atomic mass is 9.43. The van der Waals surface area contributed by atoms with Crippen molar-refractivity contribution in [2.75, 3.05) is 7.11 Å². The molecular formula is C28H40BNO6. The lowest BCUT2D eigenvalue weighted by Gasteiger charge is -2.64. The molecule has 5 atom stereocenters. The molecule has 1 heterocycles. The second kappa shape index (κ2) is 9.68. The van der Waals surface area contributed by atoms with Gasteiger partial charge in [-0.15, -0.1) is 0 Å². The molecule has 7 nitrogen and oxygen atoms in total. The predicted molar refractivity (Wildman–Crippen MR) is 137 cm³/mol. The van der Waals surface area contributed by atoms with E-state index in [1.54, 1.807) is 6.07 Å². The van der Waals surface area contributed by atoms with E-state index in [9.17, 15) is 14.7 Å². The molecule has 0 spiro atoms. The molecule has 6 rings (SSSR count). The number of carboxylic acid groups (broad SMARTS) is 1. The SMILES string of the molecule is COc1c(C[C@H](NC(=O)CC2CCCCC2)B2OC3CC4CC(C4(C)C)C3(C)O2)cccc1C(=O)O. The van der Waals surface area contributed by atoms with E-state index in [0.29, 0.717) is 36.3 Å². The van der Waals surface area contributed by atoms with Gasteiger partial charge in [0.2, 0.25) is 5.91 Å². The molecule has 2 N–H and O–H groups in total. The largest absolute Gasteiger partial charge is 0.496 e. The first-order chi connectivity index (χ1) is 17.1. The average Bonchev–Trinajstić information content (AvgIpc) is 3.21. The summed E-state index contributed by atoms with van der Waals surface area (Å²) in [6, 6.07) is 5.11. The number of nitrogens with one attached hydrogen (secondary N) is 1. The number of benzene rings is 1. The molecule has 0 aromatic heterocycles. The Balaban J connectivity index is 1.39. The van der Waals surface area contributed by atoms with E-state index in [1.165, 1.54) is 32.4 Å². The maximum atomic E-state index is 13.2. The van der Waals surface area contributed by atoms with Crippen molar-refractivity contribution in [2.45, 2.75) is 96.2 Å². The highest BCUT2D eigenvalue weighted by Crippen LogP contribution is 2.65. The maximum Gasteiger partial charge on any atom is 0.482 e. The first kappa shape index (κ1) is 25.6. The number of rotatable bonds is 8. The highest BCUT2D eigenvalue weighted by molar-refractivity contribution is 6.48. The Morgan fingerprint density at radius 3 is 2.61 bits per heavy atom. The molecule has 196 valence electrons. The summed E-state index contributed by atoms with van der Waals surface area (Å²) in [5.41, 5.74) is 0.667. The van der Waals surface area contributed by atoms with Crippen LogP contribution in [0.25, 0.3) is 0 Å². The van der Waals surface area contributed by atoms with Gasteiger partial charge in [0.25, 0.3) is 0 Å². The third kappa shape index (κ3) is 4.45. The zero-order valence-corrected chi connectivity index (χ0v) is 22.0. The van der Waals surface area contributed by atoms with Crippen LogP contribution in [-0.2, 0) is 20.5 Å². The van der Waals surface area contributed by atoms with Crippen molar-refractivity contribution in [3.8, 4) is 5.75 Å². The van der Waals surface area contributed by atoms with Gasteiger partial charge in [0, 0.05) is 6.42 Å². The third-order valence-electron chi connectivity index (χ3n) is 9.81. The molecule has 36 heavy (non-hydrogen) atoms. The minimum atomic E-state index is -1.04. The summed E-state index contributed by atoms with van der Waals surface area (Å²) >= 11 is 0. The van der Waals surface area contributed by atoms with Gasteiger partial charge in [-0.1, -0.05) is 45.2 Å². The summed E-state index contributed by atoms with van der Waals surface area (Å²) < 4.78 is 18.8. The summed E-state index contributed by atoms with van der Waals surface area (Å²) in [7, 11) is 0.888. The fraction of sp³-hybridized carbons (Fsp3) is 0.714. The highest BCUT2D eigenvalue weighted by atomic mass is 16.7. The molecular weight excluding hydrogens is 457 g/mol. The van der Waals surface area contributed by atoms with Crippen molar-refractivity contribution in [3.05, 3.63) is 29.3 Å². The molecule has 1 saturated heterocycles. The van der Waals surface area contributed by atoms with Gasteiger partial charge < -0.3 is 24.5 Å². The molecule has 0 radical (unpaired) electrons. The van der Waals surface area contributed by atoms with Crippen LogP contribution in [0, 0.1) is 23.2 Å². The number of amides is 1. The van der Waals surface area contributed by atoms with Gasteiger partial charge in [-0.3, -0.25) is 4.79 Å². The monoisotopic (exact) mass is 497 g/mol. The van der Waals surface area contributed by atoms with Crippen LogP contribution in [0.5, 0.6) is 5.75 Å². The second-order valence-electron chi connectivity index (χ2n) is 12.2. The van der Waals surface area contributed by atoms with Crippen LogP contribution in [0.2, 0.25) is 0 Å². The van der Waals surface area contributed by atoms with E-state index < -0.39 is 19.0 Å². The number of carboxylic acids is 1. The molecule has 4 saturated carbocycles. The zero-order chi connectivity index (χ0) is 25.7. The molecule has 4 unspecified atom stereocenters. The zero-order valence-electron chi connectivity index (χ0n) is 22.0. The van der Waals surface area contributed by atoms with Crippen LogP contribution in [0.4, 0.5) is 0 Å². The van der Waals surface area contributed by atoms with Crippen molar-refractivity contribution >= 4 is 19.0 Å². The number of methoxy groups -OCH3 is 1. The Kier molecular flexibility index (Phi) is 6.88. The summed E-state index contributed by atoms with van der Waals surface area (Å²) in [6.07, 6.45) is 8.83. The fourth-order valence-electron chi connectivity index (χ4n) is 7.60. The standard InChI is InChI=1S/C28H40BNO6/c1-27(2)19-15-21(27)28(3)22(16-19)35-29(36-28)23(30-24(31)13-17-9-6-5-7-10-17)14-18-11-8-12-20(26(32)33)25(18)34-4/h8,11-12,17,19,21-23H,5-7,9-10,13-16H2,1-4H3,(H,30,31)(H,32,33)/t19?,21?,22?,23-,28?/m0/s1. The molecule has 4 aliphatic carbocycles. The van der Waals surface area contributed by atoms with Crippen molar-refractivity contribution in [3.63, 3.8) is 0 Å². The van der Waals surface area contributed by atoms with Crippen LogP contribution in [-0.4, -0.2) is 48.9 Å². The van der Waals surface area contributed by atoms with E-state index >= 15 is 0 Å². The summed E-state index contributed by atoms with van der Waals surface area (Å²) in [5.74, 6) is 0.320. The lowest BCUT2D eigenvalue weighted by Crippen LogP contribution is -2.65. The van der Waals surface area contributed by atoms with Gasteiger partial charge in [0.1, 0.15) is 11.3 Å². The van der Waals surface area contributed by atoms with Crippen LogP contribution in [0.1, 0.15) is 88.1 Å². The molecule has 1 aromatic carbocycles. The van der Waals surface area contributed by atoms with Gasteiger partial charge in [-0.25, -0.2) is 4.79 Å². The van der Waals surface area contributed by atoms with Crippen LogP contribution >= 0.6 is 0 Å². The molecule has 5 fully saturated rings. The Morgan fingerprint density at radius 1 is 1.19 bits per heavy atom. The Bertz CT molecular complexity index is 1010. The van der Waals surface area contributed by atoms with Crippen molar-refractivity contribution in [1.29, 1.82) is 0 Å². The average molecular weight is 497 g/mol. The van der Waals surface area contributed by atoms with Crippen LogP contribution in [0.3, 0.4) is 0 Å². The van der Waals surface area contributed by atoms with E-state index in [-0.39, 0.29) is 28.6 Å². The predicted octanol–water partition coefficient (Wildman–Crippen LogP) is 4.66. The summed E-state index contributed by atoms with van der Waals surface area (Å²) in [4.78, 5) is 25.0. The molecule has 5 aliphatic rings. The summed E-state index contributed by atoms with van der Waals surface area (Å²) in [6.45, 7) is 6.83. The van der Waals surface area contributed by atoms with Crippen LogP contribution < -0.4 is 10.1 Å². The first-order valence-electron chi connectivity index (χ1n) is 13.6. The topological polar surface area (TPSA) is 94.1 Å². The number of hydrogen-bond donors (Lipinski definition) is 2. The van der Waals surface area contributed by atoms with Gasteiger partial charge >= 0.3 is 13.1 Å². The highest BCUT2D eigenvalue weighted by Gasteiger charge is 2.68. The Labute approximate surface area is 214 Å². The Hall–Kier alpha value is -2.06. The number of carbonyl (C=O) groups is 2.